The highest BCUT2D eigenvalue weighted by atomic mass is 16.5. The highest BCUT2D eigenvalue weighted by Crippen LogP contribution is 2.12. The number of rotatable bonds is 10. The van der Waals surface area contributed by atoms with E-state index in [1.54, 1.807) is 0 Å². The van der Waals surface area contributed by atoms with Crippen LogP contribution in [0.25, 0.3) is 0 Å². The van der Waals surface area contributed by atoms with Crippen LogP contribution in [0.4, 0.5) is 0 Å². The van der Waals surface area contributed by atoms with E-state index >= 15 is 0 Å². The van der Waals surface area contributed by atoms with E-state index in [4.69, 9.17) is 4.74 Å². The van der Waals surface area contributed by atoms with Gasteiger partial charge in [-0.1, -0.05) is 56.9 Å². The Morgan fingerprint density at radius 2 is 1.74 bits per heavy atom. The van der Waals surface area contributed by atoms with Gasteiger partial charge in [-0.2, -0.15) is 0 Å². The molecule has 0 saturated carbocycles. The second kappa shape index (κ2) is 10.6. The Morgan fingerprint density at radius 1 is 1.04 bits per heavy atom. The lowest BCUT2D eigenvalue weighted by atomic mass is 10.0. The van der Waals surface area contributed by atoms with Gasteiger partial charge in [0.2, 0.25) is 0 Å². The molecule has 3 nitrogen and oxygen atoms in total. The number of ketones is 1. The van der Waals surface area contributed by atoms with Gasteiger partial charge in [0.1, 0.15) is 0 Å². The number of nitrogens with zero attached hydrogens (tertiary/aromatic N) is 1. The van der Waals surface area contributed by atoms with E-state index in [0.29, 0.717) is 6.42 Å². The van der Waals surface area contributed by atoms with Gasteiger partial charge in [0.25, 0.3) is 0 Å². The molecule has 1 saturated heterocycles. The highest BCUT2D eigenvalue weighted by Gasteiger charge is 2.13. The van der Waals surface area contributed by atoms with Crippen molar-refractivity contribution in [2.24, 2.45) is 0 Å². The van der Waals surface area contributed by atoms with Crippen LogP contribution in [-0.4, -0.2) is 43.5 Å². The van der Waals surface area contributed by atoms with Crippen LogP contribution in [0.3, 0.4) is 0 Å². The number of morpholine rings is 1. The molecule has 0 amide bonds. The summed E-state index contributed by atoms with van der Waals surface area (Å²) in [4.78, 5) is 14.6. The van der Waals surface area contributed by atoms with Crippen LogP contribution >= 0.6 is 0 Å². The third-order valence-electron chi connectivity index (χ3n) is 4.60. The first-order chi connectivity index (χ1) is 11.3. The number of hydrogen-bond donors (Lipinski definition) is 0. The number of ether oxygens (including phenoxy) is 1. The molecular weight excluding hydrogens is 286 g/mol. The number of carbonyl (C=O) groups is 1. The van der Waals surface area contributed by atoms with Gasteiger partial charge in [-0.25, -0.2) is 0 Å². The maximum absolute atomic E-state index is 12.3. The molecule has 0 bridgehead atoms. The van der Waals surface area contributed by atoms with Crippen molar-refractivity contribution in [1.29, 1.82) is 0 Å². The summed E-state index contributed by atoms with van der Waals surface area (Å²) in [5.74, 6) is 0.256. The molecule has 0 N–H and O–H groups in total. The Balaban J connectivity index is 1.69. The van der Waals surface area contributed by atoms with Gasteiger partial charge in [0.05, 0.1) is 13.2 Å². The summed E-state index contributed by atoms with van der Waals surface area (Å²) in [6.07, 6.45) is 8.28. The molecular formula is C20H31NO2. The van der Waals surface area contributed by atoms with E-state index in [2.05, 4.69) is 24.0 Å². The predicted molar refractivity (Wildman–Crippen MR) is 95.1 cm³/mol. The minimum absolute atomic E-state index is 0.256. The number of hydrogen-bond acceptors (Lipinski definition) is 3. The summed E-state index contributed by atoms with van der Waals surface area (Å²) in [5.41, 5.74) is 2.21. The second-order valence-corrected chi connectivity index (χ2v) is 6.49. The molecule has 3 heteroatoms. The Labute approximate surface area is 141 Å². The molecule has 2 rings (SSSR count). The van der Waals surface area contributed by atoms with Crippen LogP contribution in [0.2, 0.25) is 0 Å². The molecule has 1 heterocycles. The first-order valence-electron chi connectivity index (χ1n) is 9.22. The van der Waals surface area contributed by atoms with Crippen LogP contribution in [0.15, 0.2) is 24.3 Å². The Kier molecular flexibility index (Phi) is 8.33. The van der Waals surface area contributed by atoms with Crippen LogP contribution in [0, 0.1) is 0 Å². The van der Waals surface area contributed by atoms with Crippen LogP contribution in [0.5, 0.6) is 0 Å². The van der Waals surface area contributed by atoms with Gasteiger partial charge in [-0.05, 0) is 18.4 Å². The van der Waals surface area contributed by atoms with Gasteiger partial charge >= 0.3 is 0 Å². The van der Waals surface area contributed by atoms with Crippen molar-refractivity contribution in [3.05, 3.63) is 35.4 Å². The molecule has 0 unspecified atom stereocenters. The summed E-state index contributed by atoms with van der Waals surface area (Å²) in [6.45, 7) is 6.58. The first-order valence-corrected chi connectivity index (χ1v) is 9.22. The average molecular weight is 317 g/mol. The Hall–Kier alpha value is -1.19. The maximum atomic E-state index is 12.3. The average Bonchev–Trinajstić information content (AvgIpc) is 2.61. The zero-order valence-electron chi connectivity index (χ0n) is 14.6. The van der Waals surface area contributed by atoms with Crippen molar-refractivity contribution >= 4 is 5.78 Å². The largest absolute Gasteiger partial charge is 0.379 e. The fraction of sp³-hybridized carbons (Fsp3) is 0.650. The molecule has 128 valence electrons. The molecule has 23 heavy (non-hydrogen) atoms. The number of carbonyl (C=O) groups excluding carboxylic acids is 1. The van der Waals surface area contributed by atoms with Crippen LogP contribution in [0.1, 0.15) is 61.4 Å². The van der Waals surface area contributed by atoms with E-state index < -0.39 is 0 Å². The molecule has 0 atom stereocenters. The lowest BCUT2D eigenvalue weighted by Gasteiger charge is -2.26. The first kappa shape index (κ1) is 18.2. The minimum atomic E-state index is 0.256. The van der Waals surface area contributed by atoms with E-state index in [1.165, 1.54) is 37.7 Å². The number of Topliss-reactive ketones (excluding diaryl/α,β-unsaturated/α-hetero) is 1. The summed E-state index contributed by atoms with van der Waals surface area (Å²) in [5, 5.41) is 0. The smallest absolute Gasteiger partial charge is 0.164 e. The Bertz CT molecular complexity index is 449. The van der Waals surface area contributed by atoms with E-state index in [1.807, 2.05) is 12.1 Å². The molecule has 0 radical (unpaired) electrons. The molecule has 0 aliphatic carbocycles. The third kappa shape index (κ3) is 6.84. The fourth-order valence-corrected chi connectivity index (χ4v) is 3.02. The van der Waals surface area contributed by atoms with Crippen molar-refractivity contribution in [2.75, 3.05) is 32.8 Å². The lowest BCUT2D eigenvalue weighted by molar-refractivity contribution is 0.0370. The quantitative estimate of drug-likeness (QED) is 0.480. The Morgan fingerprint density at radius 3 is 2.43 bits per heavy atom. The van der Waals surface area contributed by atoms with Crippen LogP contribution in [-0.2, 0) is 11.2 Å². The van der Waals surface area contributed by atoms with Crippen molar-refractivity contribution in [2.45, 2.75) is 51.9 Å². The van der Waals surface area contributed by atoms with Crippen molar-refractivity contribution in [1.82, 2.24) is 4.90 Å². The van der Waals surface area contributed by atoms with Gasteiger partial charge in [0, 0.05) is 31.6 Å². The maximum Gasteiger partial charge on any atom is 0.164 e. The zero-order chi connectivity index (χ0) is 16.3. The molecule has 1 aromatic carbocycles. The lowest BCUT2D eigenvalue weighted by Crippen LogP contribution is -2.37. The second-order valence-electron chi connectivity index (χ2n) is 6.49. The highest BCUT2D eigenvalue weighted by molar-refractivity contribution is 5.96. The normalized spacial score (nSPS) is 15.7. The molecule has 1 aliphatic rings. The van der Waals surface area contributed by atoms with Gasteiger partial charge < -0.3 is 4.74 Å². The third-order valence-corrected chi connectivity index (χ3v) is 4.60. The van der Waals surface area contributed by atoms with Gasteiger partial charge in [-0.3, -0.25) is 9.69 Å². The van der Waals surface area contributed by atoms with E-state index in [0.717, 1.165) is 44.8 Å². The van der Waals surface area contributed by atoms with Gasteiger partial charge in [0.15, 0.2) is 5.78 Å². The standard InChI is InChI=1S/C20H31NO2/c1-2-3-4-5-6-7-18-8-10-19(11-9-18)20(22)12-13-21-14-16-23-17-15-21/h8-11H,2-7,12-17H2,1H3. The summed E-state index contributed by atoms with van der Waals surface area (Å²) >= 11 is 0. The number of aryl methyl sites for hydroxylation is 1. The number of benzene rings is 1. The number of unbranched alkanes of at least 4 members (excludes halogenated alkanes) is 4. The molecule has 1 aliphatic heterocycles. The molecule has 1 fully saturated rings. The zero-order valence-corrected chi connectivity index (χ0v) is 14.6. The SMILES string of the molecule is CCCCCCCc1ccc(C(=O)CCN2CCOCC2)cc1. The summed E-state index contributed by atoms with van der Waals surface area (Å²) in [7, 11) is 0. The predicted octanol–water partition coefficient (Wildman–Crippen LogP) is 4.10. The minimum Gasteiger partial charge on any atom is -0.379 e. The van der Waals surface area contributed by atoms with Crippen LogP contribution < -0.4 is 0 Å². The van der Waals surface area contributed by atoms with E-state index in [-0.39, 0.29) is 5.78 Å². The molecule has 0 aromatic heterocycles. The summed E-state index contributed by atoms with van der Waals surface area (Å²) in [6, 6.07) is 8.26. The van der Waals surface area contributed by atoms with E-state index in [9.17, 15) is 4.79 Å². The van der Waals surface area contributed by atoms with Crippen molar-refractivity contribution in [3.63, 3.8) is 0 Å². The monoisotopic (exact) mass is 317 g/mol. The molecule has 1 aromatic rings. The van der Waals surface area contributed by atoms with Crippen molar-refractivity contribution in [3.8, 4) is 0 Å². The summed E-state index contributed by atoms with van der Waals surface area (Å²) < 4.78 is 5.33. The van der Waals surface area contributed by atoms with Crippen molar-refractivity contribution < 1.29 is 9.53 Å². The van der Waals surface area contributed by atoms with Gasteiger partial charge in [-0.15, -0.1) is 0 Å². The fourth-order valence-electron chi connectivity index (χ4n) is 3.02. The topological polar surface area (TPSA) is 29.5 Å². The molecule has 0 spiro atoms.